The molecule has 0 amide bonds. The predicted molar refractivity (Wildman–Crippen MR) is 67.8 cm³/mol. The van der Waals surface area contributed by atoms with Crippen LogP contribution in [0.15, 0.2) is 11.4 Å². The lowest BCUT2D eigenvalue weighted by Crippen LogP contribution is -2.40. The molecule has 16 heavy (non-hydrogen) atoms. The van der Waals surface area contributed by atoms with E-state index >= 15 is 0 Å². The topological polar surface area (TPSA) is 20.3 Å². The first-order valence-corrected chi connectivity index (χ1v) is 6.65. The second-order valence-electron chi connectivity index (χ2n) is 5.27. The van der Waals surface area contributed by atoms with Crippen LogP contribution in [0.4, 0.5) is 0 Å². The molecule has 88 valence electrons. The third-order valence-corrected chi connectivity index (χ3v) is 4.48. The Balaban J connectivity index is 2.02. The highest BCUT2D eigenvalue weighted by molar-refractivity contribution is 7.10. The molecule has 0 saturated carbocycles. The van der Waals surface area contributed by atoms with Gasteiger partial charge in [0.25, 0.3) is 0 Å². The minimum absolute atomic E-state index is 0.215. The van der Waals surface area contributed by atoms with E-state index in [0.29, 0.717) is 0 Å². The second kappa shape index (κ2) is 4.30. The Morgan fingerprint density at radius 3 is 3.00 bits per heavy atom. The zero-order chi connectivity index (χ0) is 11.8. The van der Waals surface area contributed by atoms with Crippen molar-refractivity contribution in [3.63, 3.8) is 0 Å². The summed E-state index contributed by atoms with van der Waals surface area (Å²) in [4.78, 5) is 15.4. The minimum Gasteiger partial charge on any atom is -0.299 e. The molecule has 1 aliphatic heterocycles. The lowest BCUT2D eigenvalue weighted by Gasteiger charge is -2.33. The third-order valence-electron chi connectivity index (χ3n) is 3.46. The van der Waals surface area contributed by atoms with Gasteiger partial charge in [-0.15, -0.1) is 11.3 Å². The quantitative estimate of drug-likeness (QED) is 0.805. The summed E-state index contributed by atoms with van der Waals surface area (Å²) in [5, 5.41) is 2.17. The molecule has 3 heteroatoms. The molecule has 0 bridgehead atoms. The van der Waals surface area contributed by atoms with Gasteiger partial charge in [0.2, 0.25) is 0 Å². The largest absolute Gasteiger partial charge is 0.299 e. The van der Waals surface area contributed by atoms with E-state index in [4.69, 9.17) is 0 Å². The maximum absolute atomic E-state index is 11.5. The molecule has 1 aromatic rings. The van der Waals surface area contributed by atoms with Crippen molar-refractivity contribution in [3.8, 4) is 0 Å². The predicted octanol–water partition coefficient (Wildman–Crippen LogP) is 2.72. The molecule has 2 nitrogen and oxygen atoms in total. The van der Waals surface area contributed by atoms with Crippen LogP contribution >= 0.6 is 11.3 Å². The van der Waals surface area contributed by atoms with Crippen LogP contribution in [0.1, 0.15) is 31.2 Å². The van der Waals surface area contributed by atoms with Gasteiger partial charge in [0, 0.05) is 29.9 Å². The van der Waals surface area contributed by atoms with Gasteiger partial charge < -0.3 is 0 Å². The van der Waals surface area contributed by atoms with Gasteiger partial charge in [0.1, 0.15) is 5.78 Å². The first kappa shape index (κ1) is 11.8. The van der Waals surface area contributed by atoms with Gasteiger partial charge in [-0.3, -0.25) is 9.69 Å². The standard InChI is InChI=1S/C13H19NOS/c1-10(15)13(2,3)9-14-6-4-12-11(8-14)5-7-16-12/h5,7H,4,6,8-9H2,1-3H3. The van der Waals surface area contributed by atoms with Crippen LogP contribution in [0.5, 0.6) is 0 Å². The van der Waals surface area contributed by atoms with Crippen molar-refractivity contribution >= 4 is 17.1 Å². The smallest absolute Gasteiger partial charge is 0.136 e. The van der Waals surface area contributed by atoms with Crippen LogP contribution in [0.2, 0.25) is 0 Å². The van der Waals surface area contributed by atoms with Crippen LogP contribution in [0.3, 0.4) is 0 Å². The molecule has 0 saturated heterocycles. The van der Waals surface area contributed by atoms with Gasteiger partial charge in [-0.25, -0.2) is 0 Å². The van der Waals surface area contributed by atoms with Gasteiger partial charge in [-0.1, -0.05) is 13.8 Å². The van der Waals surface area contributed by atoms with E-state index in [-0.39, 0.29) is 11.2 Å². The number of ketones is 1. The molecular formula is C13H19NOS. The van der Waals surface area contributed by atoms with Crippen LogP contribution in [-0.2, 0) is 17.8 Å². The lowest BCUT2D eigenvalue weighted by molar-refractivity contribution is -0.125. The fourth-order valence-electron chi connectivity index (χ4n) is 2.11. The molecule has 0 fully saturated rings. The number of thiophene rings is 1. The van der Waals surface area contributed by atoms with Crippen molar-refractivity contribution in [1.82, 2.24) is 4.90 Å². The Labute approximate surface area is 101 Å². The van der Waals surface area contributed by atoms with Gasteiger partial charge in [-0.2, -0.15) is 0 Å². The molecule has 0 aliphatic carbocycles. The van der Waals surface area contributed by atoms with E-state index in [0.717, 1.165) is 26.1 Å². The Morgan fingerprint density at radius 2 is 2.31 bits per heavy atom. The van der Waals surface area contributed by atoms with Gasteiger partial charge in [0.15, 0.2) is 0 Å². The van der Waals surface area contributed by atoms with Crippen LogP contribution in [0.25, 0.3) is 0 Å². The van der Waals surface area contributed by atoms with Gasteiger partial charge in [-0.05, 0) is 30.4 Å². The zero-order valence-corrected chi connectivity index (χ0v) is 11.1. The Morgan fingerprint density at radius 1 is 1.56 bits per heavy atom. The van der Waals surface area contributed by atoms with E-state index < -0.39 is 0 Å². The summed E-state index contributed by atoms with van der Waals surface area (Å²) in [7, 11) is 0. The SMILES string of the molecule is CC(=O)C(C)(C)CN1CCc2sccc2C1. The maximum Gasteiger partial charge on any atom is 0.136 e. The monoisotopic (exact) mass is 237 g/mol. The Kier molecular flexibility index (Phi) is 3.17. The Bertz CT molecular complexity index is 394. The number of carbonyl (C=O) groups excluding carboxylic acids is 1. The molecular weight excluding hydrogens is 218 g/mol. The molecule has 0 unspecified atom stereocenters. The van der Waals surface area contributed by atoms with Gasteiger partial charge >= 0.3 is 0 Å². The summed E-state index contributed by atoms with van der Waals surface area (Å²) in [5.74, 6) is 0.281. The molecule has 0 radical (unpaired) electrons. The summed E-state index contributed by atoms with van der Waals surface area (Å²) in [6, 6.07) is 2.22. The van der Waals surface area contributed by atoms with Crippen molar-refractivity contribution < 1.29 is 4.79 Å². The first-order chi connectivity index (χ1) is 7.49. The minimum atomic E-state index is -0.215. The van der Waals surface area contributed by atoms with E-state index in [1.54, 1.807) is 6.92 Å². The number of hydrogen-bond acceptors (Lipinski definition) is 3. The summed E-state index contributed by atoms with van der Waals surface area (Å²) >= 11 is 1.86. The van der Waals surface area contributed by atoms with Crippen LogP contribution in [0, 0.1) is 5.41 Å². The normalized spacial score (nSPS) is 17.2. The molecule has 0 N–H and O–H groups in total. The van der Waals surface area contributed by atoms with Crippen molar-refractivity contribution in [2.24, 2.45) is 5.41 Å². The molecule has 0 aromatic carbocycles. The first-order valence-electron chi connectivity index (χ1n) is 5.78. The lowest BCUT2D eigenvalue weighted by atomic mass is 9.88. The fraction of sp³-hybridized carbons (Fsp3) is 0.615. The molecule has 2 heterocycles. The second-order valence-corrected chi connectivity index (χ2v) is 6.27. The molecule has 0 spiro atoms. The number of hydrogen-bond donors (Lipinski definition) is 0. The average Bonchev–Trinajstić information content (AvgIpc) is 2.63. The zero-order valence-electron chi connectivity index (χ0n) is 10.2. The van der Waals surface area contributed by atoms with Crippen molar-refractivity contribution in [3.05, 3.63) is 21.9 Å². The van der Waals surface area contributed by atoms with Crippen molar-refractivity contribution in [2.75, 3.05) is 13.1 Å². The highest BCUT2D eigenvalue weighted by Crippen LogP contribution is 2.27. The molecule has 1 aliphatic rings. The highest BCUT2D eigenvalue weighted by Gasteiger charge is 2.28. The number of carbonyl (C=O) groups is 1. The summed E-state index contributed by atoms with van der Waals surface area (Å²) in [6.07, 6.45) is 1.14. The Hall–Kier alpha value is -0.670. The molecule has 0 atom stereocenters. The van der Waals surface area contributed by atoms with E-state index in [9.17, 15) is 4.79 Å². The van der Waals surface area contributed by atoms with E-state index in [1.807, 2.05) is 25.2 Å². The van der Waals surface area contributed by atoms with Crippen molar-refractivity contribution in [1.29, 1.82) is 0 Å². The highest BCUT2D eigenvalue weighted by atomic mass is 32.1. The molecule has 1 aromatic heterocycles. The fourth-order valence-corrected chi connectivity index (χ4v) is 3.00. The van der Waals surface area contributed by atoms with E-state index in [1.165, 1.54) is 10.4 Å². The van der Waals surface area contributed by atoms with Crippen LogP contribution < -0.4 is 0 Å². The summed E-state index contributed by atoms with van der Waals surface area (Å²) < 4.78 is 0. The van der Waals surface area contributed by atoms with E-state index in [2.05, 4.69) is 16.3 Å². The maximum atomic E-state index is 11.5. The number of rotatable bonds is 3. The average molecular weight is 237 g/mol. The van der Waals surface area contributed by atoms with Gasteiger partial charge in [0.05, 0.1) is 0 Å². The number of Topliss-reactive ketones (excluding diaryl/α,β-unsaturated/α-hetero) is 1. The third kappa shape index (κ3) is 2.36. The number of fused-ring (bicyclic) bond motifs is 1. The molecule has 2 rings (SSSR count). The number of nitrogens with zero attached hydrogens (tertiary/aromatic N) is 1. The summed E-state index contributed by atoms with van der Waals surface area (Å²) in [5.41, 5.74) is 1.24. The summed E-state index contributed by atoms with van der Waals surface area (Å²) in [6.45, 7) is 8.74. The van der Waals surface area contributed by atoms with Crippen LogP contribution in [-0.4, -0.2) is 23.8 Å². The van der Waals surface area contributed by atoms with Crippen molar-refractivity contribution in [2.45, 2.75) is 33.7 Å².